The number of rotatable bonds is 1. The van der Waals surface area contributed by atoms with Crippen LogP contribution in [0.1, 0.15) is 0 Å². The van der Waals surface area contributed by atoms with E-state index < -0.39 is 0 Å². The standard InChI is InChI=1S/C8H6N4/c9-5-12(6-10)8-4-2-1-3-7(8)11/h1-4H,11H2. The molecule has 0 saturated heterocycles. The molecule has 2 N–H and O–H groups in total. The van der Waals surface area contributed by atoms with E-state index in [-0.39, 0.29) is 0 Å². The fourth-order valence-corrected chi connectivity index (χ4v) is 0.821. The topological polar surface area (TPSA) is 76.8 Å². The molecule has 0 fully saturated rings. The van der Waals surface area contributed by atoms with E-state index >= 15 is 0 Å². The number of benzene rings is 1. The van der Waals surface area contributed by atoms with E-state index in [0.717, 1.165) is 4.90 Å². The van der Waals surface area contributed by atoms with Crippen molar-refractivity contribution in [3.05, 3.63) is 24.3 Å². The van der Waals surface area contributed by atoms with Crippen molar-refractivity contribution in [3.63, 3.8) is 0 Å². The maximum Gasteiger partial charge on any atom is 0.198 e. The SMILES string of the molecule is N#CN(C#N)c1ccccc1N. The maximum atomic E-state index is 8.50. The highest BCUT2D eigenvalue weighted by Crippen LogP contribution is 2.20. The van der Waals surface area contributed by atoms with Crippen LogP contribution in [0.25, 0.3) is 0 Å². The Morgan fingerprint density at radius 3 is 2.25 bits per heavy atom. The molecule has 12 heavy (non-hydrogen) atoms. The third-order valence-electron chi connectivity index (χ3n) is 1.38. The summed E-state index contributed by atoms with van der Waals surface area (Å²) in [7, 11) is 0. The smallest absolute Gasteiger partial charge is 0.198 e. The molecule has 58 valence electrons. The highest BCUT2D eigenvalue weighted by molar-refractivity contribution is 5.71. The summed E-state index contributed by atoms with van der Waals surface area (Å²) in [5, 5.41) is 17.0. The van der Waals surface area contributed by atoms with Crippen molar-refractivity contribution in [1.29, 1.82) is 10.5 Å². The number of anilines is 2. The van der Waals surface area contributed by atoms with Crippen LogP contribution >= 0.6 is 0 Å². The predicted octanol–water partition coefficient (Wildman–Crippen LogP) is 1.04. The Morgan fingerprint density at radius 2 is 1.75 bits per heavy atom. The molecule has 0 bridgehead atoms. The highest BCUT2D eigenvalue weighted by Gasteiger charge is 2.05. The minimum atomic E-state index is 0.417. The second kappa shape index (κ2) is 3.27. The molecule has 1 aromatic carbocycles. The van der Waals surface area contributed by atoms with E-state index in [1.54, 1.807) is 36.7 Å². The van der Waals surface area contributed by atoms with Crippen molar-refractivity contribution in [3.8, 4) is 12.4 Å². The number of nitrogens with zero attached hydrogens (tertiary/aromatic N) is 3. The summed E-state index contributed by atoms with van der Waals surface area (Å²) in [6, 6.07) is 6.71. The molecule has 0 aliphatic carbocycles. The Hall–Kier alpha value is -2.20. The third-order valence-corrected chi connectivity index (χ3v) is 1.38. The average molecular weight is 158 g/mol. The van der Waals surface area contributed by atoms with Gasteiger partial charge in [0.25, 0.3) is 0 Å². The molecule has 0 aliphatic heterocycles. The van der Waals surface area contributed by atoms with Crippen molar-refractivity contribution in [2.75, 3.05) is 10.6 Å². The summed E-state index contributed by atoms with van der Waals surface area (Å²) < 4.78 is 0. The van der Waals surface area contributed by atoms with Crippen molar-refractivity contribution in [1.82, 2.24) is 0 Å². The van der Waals surface area contributed by atoms with E-state index in [1.165, 1.54) is 0 Å². The lowest BCUT2D eigenvalue weighted by Crippen LogP contribution is -2.09. The molecule has 0 atom stereocenters. The lowest BCUT2D eigenvalue weighted by Gasteiger charge is -2.06. The Kier molecular flexibility index (Phi) is 2.15. The molecule has 4 heteroatoms. The van der Waals surface area contributed by atoms with Crippen LogP contribution in [0.5, 0.6) is 0 Å². The third kappa shape index (κ3) is 1.28. The van der Waals surface area contributed by atoms with Crippen LogP contribution in [0, 0.1) is 22.9 Å². The van der Waals surface area contributed by atoms with Gasteiger partial charge in [0.05, 0.1) is 11.4 Å². The molecule has 4 nitrogen and oxygen atoms in total. The molecule has 0 amide bonds. The monoisotopic (exact) mass is 158 g/mol. The average Bonchev–Trinajstić information content (AvgIpc) is 2.10. The minimum Gasteiger partial charge on any atom is -0.397 e. The van der Waals surface area contributed by atoms with Gasteiger partial charge in [-0.2, -0.15) is 15.4 Å². The molecular formula is C8H6N4. The van der Waals surface area contributed by atoms with Gasteiger partial charge >= 0.3 is 0 Å². The molecule has 0 saturated carbocycles. The van der Waals surface area contributed by atoms with E-state index in [1.807, 2.05) is 0 Å². The second-order valence-corrected chi connectivity index (χ2v) is 2.09. The number of nitrogen functional groups attached to an aromatic ring is 1. The molecule has 0 unspecified atom stereocenters. The number of hydrogen-bond acceptors (Lipinski definition) is 4. The van der Waals surface area contributed by atoms with Gasteiger partial charge in [-0.1, -0.05) is 12.1 Å². The quantitative estimate of drug-likeness (QED) is 0.376. The molecule has 0 aliphatic rings. The lowest BCUT2D eigenvalue weighted by molar-refractivity contribution is 1.27. The van der Waals surface area contributed by atoms with E-state index in [0.29, 0.717) is 11.4 Å². The summed E-state index contributed by atoms with van der Waals surface area (Å²) in [5.74, 6) is 0. The van der Waals surface area contributed by atoms with Gasteiger partial charge in [0.15, 0.2) is 12.4 Å². The van der Waals surface area contributed by atoms with Gasteiger partial charge in [-0.3, -0.25) is 0 Å². The fourth-order valence-electron chi connectivity index (χ4n) is 0.821. The summed E-state index contributed by atoms with van der Waals surface area (Å²) in [4.78, 5) is 0.856. The van der Waals surface area contributed by atoms with Gasteiger partial charge in [-0.05, 0) is 12.1 Å². The zero-order valence-electron chi connectivity index (χ0n) is 6.23. The van der Waals surface area contributed by atoms with Crippen molar-refractivity contribution < 1.29 is 0 Å². The van der Waals surface area contributed by atoms with Crippen LogP contribution in [0.3, 0.4) is 0 Å². The van der Waals surface area contributed by atoms with Gasteiger partial charge in [0.1, 0.15) is 0 Å². The van der Waals surface area contributed by atoms with Crippen LogP contribution in [-0.2, 0) is 0 Å². The van der Waals surface area contributed by atoms with E-state index in [4.69, 9.17) is 16.3 Å². The van der Waals surface area contributed by atoms with Crippen LogP contribution < -0.4 is 10.6 Å². The molecule has 1 aromatic rings. The number of nitrogens with two attached hydrogens (primary N) is 1. The molecule has 1 rings (SSSR count). The van der Waals surface area contributed by atoms with Crippen molar-refractivity contribution in [2.45, 2.75) is 0 Å². The summed E-state index contributed by atoms with van der Waals surface area (Å²) in [6.07, 6.45) is 3.40. The number of nitriles is 2. The molecule has 0 radical (unpaired) electrons. The summed E-state index contributed by atoms with van der Waals surface area (Å²) in [6.45, 7) is 0. The van der Waals surface area contributed by atoms with E-state index in [9.17, 15) is 0 Å². The van der Waals surface area contributed by atoms with Gasteiger partial charge in [-0.15, -0.1) is 0 Å². The first-order valence-electron chi connectivity index (χ1n) is 3.23. The van der Waals surface area contributed by atoms with Gasteiger partial charge < -0.3 is 5.73 Å². The Bertz CT molecular complexity index is 344. The normalized spacial score (nSPS) is 8.17. The number of hydrogen-bond donors (Lipinski definition) is 1. The zero-order chi connectivity index (χ0) is 8.97. The largest absolute Gasteiger partial charge is 0.397 e. The minimum absolute atomic E-state index is 0.417. The Labute approximate surface area is 70.0 Å². The fraction of sp³-hybridized carbons (Fsp3) is 0. The lowest BCUT2D eigenvalue weighted by atomic mass is 10.2. The highest BCUT2D eigenvalue weighted by atomic mass is 15.1. The first kappa shape index (κ1) is 7.90. The zero-order valence-corrected chi connectivity index (χ0v) is 6.23. The summed E-state index contributed by atoms with van der Waals surface area (Å²) in [5.41, 5.74) is 6.36. The predicted molar refractivity (Wildman–Crippen MR) is 44.6 cm³/mol. The van der Waals surface area contributed by atoms with Gasteiger partial charge in [0.2, 0.25) is 0 Å². The van der Waals surface area contributed by atoms with Crippen LogP contribution in [0.15, 0.2) is 24.3 Å². The van der Waals surface area contributed by atoms with Gasteiger partial charge in [0, 0.05) is 0 Å². The maximum absolute atomic E-state index is 8.50. The number of para-hydroxylation sites is 2. The Morgan fingerprint density at radius 1 is 1.17 bits per heavy atom. The molecule has 0 aromatic heterocycles. The van der Waals surface area contributed by atoms with E-state index in [2.05, 4.69) is 0 Å². The van der Waals surface area contributed by atoms with Crippen LogP contribution in [0.4, 0.5) is 11.4 Å². The first-order chi connectivity index (χ1) is 5.79. The van der Waals surface area contributed by atoms with Gasteiger partial charge in [-0.25, -0.2) is 0 Å². The molecular weight excluding hydrogens is 152 g/mol. The molecule has 0 heterocycles. The first-order valence-corrected chi connectivity index (χ1v) is 3.23. The molecule has 0 spiro atoms. The van der Waals surface area contributed by atoms with Crippen molar-refractivity contribution in [2.24, 2.45) is 0 Å². The van der Waals surface area contributed by atoms with Crippen molar-refractivity contribution >= 4 is 11.4 Å². The summed E-state index contributed by atoms with van der Waals surface area (Å²) >= 11 is 0. The second-order valence-electron chi connectivity index (χ2n) is 2.09. The van der Waals surface area contributed by atoms with Crippen LogP contribution in [0.2, 0.25) is 0 Å². The van der Waals surface area contributed by atoms with Crippen LogP contribution in [-0.4, -0.2) is 0 Å². The Balaban J connectivity index is 3.13.